The number of fused-ring (bicyclic) bond motifs is 1. The summed E-state index contributed by atoms with van der Waals surface area (Å²) >= 11 is 0. The Morgan fingerprint density at radius 3 is 2.54 bits per heavy atom. The number of aliphatic hydroxyl groups is 1. The molecular formula is C28H34N4O4S. The first-order chi connectivity index (χ1) is 17.8. The lowest BCUT2D eigenvalue weighted by Crippen LogP contribution is -2.49. The molecule has 1 aromatic heterocycles. The maximum Gasteiger partial charge on any atom is 0.247 e. The maximum absolute atomic E-state index is 13.7. The third kappa shape index (κ3) is 6.61. The molecule has 1 N–H and O–H groups in total. The van der Waals surface area contributed by atoms with E-state index in [0.29, 0.717) is 18.8 Å². The van der Waals surface area contributed by atoms with Crippen LogP contribution in [0, 0.1) is 5.92 Å². The highest BCUT2D eigenvalue weighted by Gasteiger charge is 2.38. The normalized spacial score (nSPS) is 20.7. The zero-order valence-electron chi connectivity index (χ0n) is 21.4. The lowest BCUT2D eigenvalue weighted by atomic mass is 10.0. The van der Waals surface area contributed by atoms with Crippen molar-refractivity contribution in [3.63, 3.8) is 0 Å². The molecule has 9 heteroatoms. The summed E-state index contributed by atoms with van der Waals surface area (Å²) in [4.78, 5) is 10.4. The van der Waals surface area contributed by atoms with Gasteiger partial charge >= 0.3 is 0 Å². The zero-order valence-corrected chi connectivity index (χ0v) is 22.3. The second-order valence-corrected chi connectivity index (χ2v) is 11.5. The molecule has 0 fully saturated rings. The minimum absolute atomic E-state index is 0.112. The molecular weight excluding hydrogens is 488 g/mol. The molecule has 4 rings (SSSR count). The first-order valence-electron chi connectivity index (χ1n) is 12.4. The molecule has 0 amide bonds. The fourth-order valence-electron chi connectivity index (χ4n) is 4.42. The summed E-state index contributed by atoms with van der Waals surface area (Å²) in [6.07, 6.45) is 8.70. The quantitative estimate of drug-likeness (QED) is 0.452. The molecule has 0 aliphatic carbocycles. The molecule has 0 saturated heterocycles. The van der Waals surface area contributed by atoms with E-state index in [1.165, 1.54) is 10.6 Å². The topological polar surface area (TPSA) is 95.9 Å². The molecule has 0 saturated carbocycles. The van der Waals surface area contributed by atoms with Crippen LogP contribution in [0.2, 0.25) is 0 Å². The standard InChI is InChI=1S/C28H34N4O4S/c1-21-16-32(22(2)19-33)37(34,35)28-12-11-24(10-9-23-7-5-4-6-8-23)13-26(28)36-27(21)18-31(3)17-25-14-29-20-30-15-25/h4-15,20-22,27,33H,16-19H2,1-3H3/b10-9+/t21-,22-,27+/m1/s1. The fraction of sp³-hybridized carbons (Fsp3) is 0.357. The van der Waals surface area contributed by atoms with Crippen LogP contribution in [-0.4, -0.2) is 71.6 Å². The van der Waals surface area contributed by atoms with E-state index in [1.54, 1.807) is 37.5 Å². The van der Waals surface area contributed by atoms with Gasteiger partial charge in [0.05, 0.1) is 6.61 Å². The maximum atomic E-state index is 13.7. The molecule has 2 aromatic carbocycles. The van der Waals surface area contributed by atoms with Crippen molar-refractivity contribution in [2.45, 2.75) is 37.4 Å². The van der Waals surface area contributed by atoms with Gasteiger partial charge in [-0.25, -0.2) is 18.4 Å². The average molecular weight is 523 g/mol. The van der Waals surface area contributed by atoms with Crippen molar-refractivity contribution in [2.24, 2.45) is 5.92 Å². The van der Waals surface area contributed by atoms with Crippen molar-refractivity contribution >= 4 is 22.2 Å². The number of aromatic nitrogens is 2. The number of hydrogen-bond donors (Lipinski definition) is 1. The highest BCUT2D eigenvalue weighted by molar-refractivity contribution is 7.89. The molecule has 0 radical (unpaired) electrons. The summed E-state index contributed by atoms with van der Waals surface area (Å²) in [6.45, 7) is 4.89. The summed E-state index contributed by atoms with van der Waals surface area (Å²) < 4.78 is 35.2. The monoisotopic (exact) mass is 522 g/mol. The van der Waals surface area contributed by atoms with Gasteiger partial charge in [0.25, 0.3) is 0 Å². The minimum atomic E-state index is -3.88. The van der Waals surface area contributed by atoms with Gasteiger partial charge in [0.15, 0.2) is 0 Å². The Morgan fingerprint density at radius 2 is 1.84 bits per heavy atom. The lowest BCUT2D eigenvalue weighted by Gasteiger charge is -2.37. The van der Waals surface area contributed by atoms with Gasteiger partial charge in [-0.3, -0.25) is 4.90 Å². The number of sulfonamides is 1. The second kappa shape index (κ2) is 12.0. The summed E-state index contributed by atoms with van der Waals surface area (Å²) in [6, 6.07) is 14.5. The number of rotatable bonds is 8. The van der Waals surface area contributed by atoms with Crippen LogP contribution in [-0.2, 0) is 16.6 Å². The van der Waals surface area contributed by atoms with Gasteiger partial charge in [0.1, 0.15) is 23.1 Å². The Hall–Kier alpha value is -3.11. The largest absolute Gasteiger partial charge is 0.487 e. The molecule has 8 nitrogen and oxygen atoms in total. The van der Waals surface area contributed by atoms with E-state index < -0.39 is 16.1 Å². The molecule has 1 aliphatic rings. The number of aliphatic hydroxyl groups excluding tert-OH is 1. The minimum Gasteiger partial charge on any atom is -0.487 e. The van der Waals surface area contributed by atoms with Crippen LogP contribution in [0.15, 0.2) is 72.1 Å². The molecule has 0 unspecified atom stereocenters. The van der Waals surface area contributed by atoms with Crippen LogP contribution >= 0.6 is 0 Å². The van der Waals surface area contributed by atoms with E-state index in [1.807, 2.05) is 56.5 Å². The van der Waals surface area contributed by atoms with Crippen molar-refractivity contribution in [2.75, 3.05) is 26.7 Å². The molecule has 3 atom stereocenters. The smallest absolute Gasteiger partial charge is 0.247 e. The predicted octanol–water partition coefficient (Wildman–Crippen LogP) is 3.55. The lowest BCUT2D eigenvalue weighted by molar-refractivity contribution is 0.0733. The van der Waals surface area contributed by atoms with Gasteiger partial charge in [-0.05, 0) is 37.2 Å². The van der Waals surface area contributed by atoms with Crippen molar-refractivity contribution in [3.05, 3.63) is 83.9 Å². The SMILES string of the molecule is C[C@@H]1CN([C@H](C)CO)S(=O)(=O)c2ccc(/C=C/c3ccccc3)cc2O[C@H]1CN(C)Cc1cncnc1. The van der Waals surface area contributed by atoms with E-state index in [0.717, 1.165) is 16.7 Å². The predicted molar refractivity (Wildman–Crippen MR) is 144 cm³/mol. The molecule has 0 spiro atoms. The number of likely N-dealkylation sites (N-methyl/N-ethyl adjacent to an activating group) is 1. The van der Waals surface area contributed by atoms with Gasteiger partial charge in [0, 0.05) is 49.6 Å². The number of benzene rings is 2. The first kappa shape index (κ1) is 26.9. The number of hydrogen-bond acceptors (Lipinski definition) is 7. The molecule has 1 aliphatic heterocycles. The number of nitrogens with zero attached hydrogens (tertiary/aromatic N) is 4. The number of ether oxygens (including phenoxy) is 1. The second-order valence-electron chi connectivity index (χ2n) is 9.63. The third-order valence-electron chi connectivity index (χ3n) is 6.52. The van der Waals surface area contributed by atoms with Crippen LogP contribution in [0.1, 0.15) is 30.5 Å². The summed E-state index contributed by atoms with van der Waals surface area (Å²) in [7, 11) is -1.88. The van der Waals surface area contributed by atoms with E-state index in [2.05, 4.69) is 14.9 Å². The highest BCUT2D eigenvalue weighted by Crippen LogP contribution is 2.34. The summed E-state index contributed by atoms with van der Waals surface area (Å²) in [5.74, 6) is 0.188. The molecule has 3 aromatic rings. The Kier molecular flexibility index (Phi) is 8.71. The Balaban J connectivity index is 1.68. The van der Waals surface area contributed by atoms with Gasteiger partial charge in [-0.15, -0.1) is 0 Å². The first-order valence-corrected chi connectivity index (χ1v) is 13.8. The van der Waals surface area contributed by atoms with Crippen molar-refractivity contribution in [1.29, 1.82) is 0 Å². The molecule has 196 valence electrons. The van der Waals surface area contributed by atoms with E-state index in [9.17, 15) is 13.5 Å². The van der Waals surface area contributed by atoms with E-state index in [4.69, 9.17) is 4.74 Å². The van der Waals surface area contributed by atoms with Crippen LogP contribution in [0.5, 0.6) is 5.75 Å². The Labute approximate surface area is 219 Å². The highest BCUT2D eigenvalue weighted by atomic mass is 32.2. The van der Waals surface area contributed by atoms with E-state index >= 15 is 0 Å². The average Bonchev–Trinajstić information content (AvgIpc) is 2.90. The molecule has 0 bridgehead atoms. The summed E-state index contributed by atoms with van der Waals surface area (Å²) in [5.41, 5.74) is 2.86. The fourth-order valence-corrected chi connectivity index (χ4v) is 6.24. The van der Waals surface area contributed by atoms with Gasteiger partial charge in [-0.2, -0.15) is 4.31 Å². The van der Waals surface area contributed by atoms with Crippen LogP contribution < -0.4 is 4.74 Å². The van der Waals surface area contributed by atoms with Gasteiger partial charge < -0.3 is 9.84 Å². The Morgan fingerprint density at radius 1 is 1.14 bits per heavy atom. The third-order valence-corrected chi connectivity index (χ3v) is 8.54. The molecule has 2 heterocycles. The summed E-state index contributed by atoms with van der Waals surface area (Å²) in [5, 5.41) is 9.85. The zero-order chi connectivity index (χ0) is 26.4. The Bertz CT molecular complexity index is 1300. The van der Waals surface area contributed by atoms with E-state index in [-0.39, 0.29) is 30.1 Å². The van der Waals surface area contributed by atoms with Crippen molar-refractivity contribution in [3.8, 4) is 5.75 Å². The van der Waals surface area contributed by atoms with Crippen LogP contribution in [0.4, 0.5) is 0 Å². The van der Waals surface area contributed by atoms with Gasteiger partial charge in [0.2, 0.25) is 10.0 Å². The van der Waals surface area contributed by atoms with Crippen molar-refractivity contribution < 1.29 is 18.3 Å². The van der Waals surface area contributed by atoms with Crippen LogP contribution in [0.25, 0.3) is 12.2 Å². The van der Waals surface area contributed by atoms with Crippen LogP contribution in [0.3, 0.4) is 0 Å². The van der Waals surface area contributed by atoms with Crippen molar-refractivity contribution in [1.82, 2.24) is 19.2 Å². The molecule has 37 heavy (non-hydrogen) atoms. The van der Waals surface area contributed by atoms with Gasteiger partial charge in [-0.1, -0.05) is 55.5 Å².